The molecule has 1 fully saturated rings. The second-order valence-corrected chi connectivity index (χ2v) is 8.24. The smallest absolute Gasteiger partial charge is 0.243 e. The predicted octanol–water partition coefficient (Wildman–Crippen LogP) is 2.69. The highest BCUT2D eigenvalue weighted by Gasteiger charge is 2.28. The number of hydrogen-bond acceptors (Lipinski definition) is 4. The standard InChI is InChI=1S/C19H21N3O2S/c1-15-6-7-19(12-16(15)2)25(23,24)22-10-8-21(9-11-22)18-5-3-4-17(13-18)14-20/h3-7,12-13H,8-11H2,1-2H3. The maximum atomic E-state index is 12.9. The molecule has 0 saturated carbocycles. The average Bonchev–Trinajstić information content (AvgIpc) is 2.64. The third kappa shape index (κ3) is 3.53. The van der Waals surface area contributed by atoms with E-state index >= 15 is 0 Å². The Hall–Kier alpha value is -2.36. The lowest BCUT2D eigenvalue weighted by atomic mass is 10.1. The summed E-state index contributed by atoms with van der Waals surface area (Å²) in [5, 5.41) is 9.02. The molecule has 130 valence electrons. The molecule has 0 N–H and O–H groups in total. The van der Waals surface area contributed by atoms with Crippen LogP contribution in [0.4, 0.5) is 5.69 Å². The zero-order valence-corrected chi connectivity index (χ0v) is 15.3. The molecule has 0 aliphatic carbocycles. The predicted molar refractivity (Wildman–Crippen MR) is 98.0 cm³/mol. The van der Waals surface area contributed by atoms with Crippen molar-refractivity contribution >= 4 is 15.7 Å². The first-order chi connectivity index (χ1) is 11.9. The second kappa shape index (κ2) is 6.87. The summed E-state index contributed by atoms with van der Waals surface area (Å²) in [7, 11) is -3.47. The second-order valence-electron chi connectivity index (χ2n) is 6.30. The van der Waals surface area contributed by atoms with Gasteiger partial charge in [-0.15, -0.1) is 0 Å². The molecule has 2 aromatic carbocycles. The summed E-state index contributed by atoms with van der Waals surface area (Å²) in [5.74, 6) is 0. The van der Waals surface area contributed by atoms with Crippen molar-refractivity contribution in [3.05, 3.63) is 59.2 Å². The lowest BCUT2D eigenvalue weighted by Crippen LogP contribution is -2.48. The monoisotopic (exact) mass is 355 g/mol. The van der Waals surface area contributed by atoms with E-state index in [-0.39, 0.29) is 0 Å². The Morgan fingerprint density at radius 2 is 1.68 bits per heavy atom. The number of benzene rings is 2. The van der Waals surface area contributed by atoms with Crippen molar-refractivity contribution in [2.24, 2.45) is 0 Å². The van der Waals surface area contributed by atoms with Crippen LogP contribution in [0.3, 0.4) is 0 Å². The van der Waals surface area contributed by atoms with Crippen molar-refractivity contribution in [2.75, 3.05) is 31.1 Å². The van der Waals surface area contributed by atoms with Gasteiger partial charge in [0.15, 0.2) is 0 Å². The lowest BCUT2D eigenvalue weighted by Gasteiger charge is -2.35. The summed E-state index contributed by atoms with van der Waals surface area (Å²) in [5.41, 5.74) is 3.64. The third-order valence-electron chi connectivity index (χ3n) is 4.70. The highest BCUT2D eigenvalue weighted by atomic mass is 32.2. The number of hydrogen-bond donors (Lipinski definition) is 0. The largest absolute Gasteiger partial charge is 0.369 e. The van der Waals surface area contributed by atoms with Crippen LogP contribution in [-0.4, -0.2) is 38.9 Å². The van der Waals surface area contributed by atoms with E-state index in [0.29, 0.717) is 36.6 Å². The van der Waals surface area contributed by atoms with Crippen molar-refractivity contribution < 1.29 is 8.42 Å². The molecule has 3 rings (SSSR count). The zero-order valence-electron chi connectivity index (χ0n) is 14.4. The molecule has 1 aliphatic heterocycles. The van der Waals surface area contributed by atoms with Gasteiger partial charge in [-0.05, 0) is 55.3 Å². The van der Waals surface area contributed by atoms with Crippen LogP contribution in [0.15, 0.2) is 47.4 Å². The van der Waals surface area contributed by atoms with Crippen LogP contribution in [0.1, 0.15) is 16.7 Å². The Morgan fingerprint density at radius 1 is 0.960 bits per heavy atom. The molecule has 0 spiro atoms. The van der Waals surface area contributed by atoms with Crippen molar-refractivity contribution in [3.8, 4) is 6.07 Å². The summed E-state index contributed by atoms with van der Waals surface area (Å²) in [4.78, 5) is 2.48. The van der Waals surface area contributed by atoms with Crippen LogP contribution < -0.4 is 4.90 Å². The molecule has 0 radical (unpaired) electrons. The fraction of sp³-hybridized carbons (Fsp3) is 0.316. The fourth-order valence-corrected chi connectivity index (χ4v) is 4.49. The van der Waals surface area contributed by atoms with Crippen LogP contribution in [-0.2, 0) is 10.0 Å². The lowest BCUT2D eigenvalue weighted by molar-refractivity contribution is 0.385. The van der Waals surface area contributed by atoms with Crippen LogP contribution in [0, 0.1) is 25.2 Å². The topological polar surface area (TPSA) is 64.4 Å². The molecule has 0 atom stereocenters. The first kappa shape index (κ1) is 17.5. The molecule has 6 heteroatoms. The van der Waals surface area contributed by atoms with E-state index in [1.807, 2.05) is 38.1 Å². The van der Waals surface area contributed by atoms with Gasteiger partial charge in [-0.1, -0.05) is 12.1 Å². The molecule has 5 nitrogen and oxygen atoms in total. The van der Waals surface area contributed by atoms with Gasteiger partial charge in [0, 0.05) is 31.9 Å². The Balaban J connectivity index is 1.75. The van der Waals surface area contributed by atoms with Crippen molar-refractivity contribution in [1.29, 1.82) is 5.26 Å². The summed E-state index contributed by atoms with van der Waals surface area (Å²) in [6.45, 7) is 5.99. The van der Waals surface area contributed by atoms with Gasteiger partial charge in [-0.25, -0.2) is 8.42 Å². The van der Waals surface area contributed by atoms with Gasteiger partial charge in [-0.3, -0.25) is 0 Å². The molecule has 1 saturated heterocycles. The van der Waals surface area contributed by atoms with E-state index in [1.165, 1.54) is 0 Å². The van der Waals surface area contributed by atoms with E-state index in [2.05, 4.69) is 11.0 Å². The fourth-order valence-electron chi connectivity index (χ4n) is 2.98. The van der Waals surface area contributed by atoms with Gasteiger partial charge in [-0.2, -0.15) is 9.57 Å². The molecule has 0 amide bonds. The van der Waals surface area contributed by atoms with Crippen LogP contribution in [0.25, 0.3) is 0 Å². The molecule has 1 heterocycles. The minimum absolute atomic E-state index is 0.357. The van der Waals surface area contributed by atoms with E-state index in [9.17, 15) is 8.42 Å². The highest BCUT2D eigenvalue weighted by molar-refractivity contribution is 7.89. The molecule has 2 aromatic rings. The van der Waals surface area contributed by atoms with Gasteiger partial charge < -0.3 is 4.90 Å². The maximum Gasteiger partial charge on any atom is 0.243 e. The molecule has 25 heavy (non-hydrogen) atoms. The summed E-state index contributed by atoms with van der Waals surface area (Å²) < 4.78 is 27.3. The van der Waals surface area contributed by atoms with Crippen molar-refractivity contribution in [3.63, 3.8) is 0 Å². The molecular weight excluding hydrogens is 334 g/mol. The Morgan fingerprint density at radius 3 is 2.32 bits per heavy atom. The van der Waals surface area contributed by atoms with E-state index < -0.39 is 10.0 Å². The first-order valence-electron chi connectivity index (χ1n) is 8.24. The number of sulfonamides is 1. The average molecular weight is 355 g/mol. The van der Waals surface area contributed by atoms with Crippen LogP contribution in [0.5, 0.6) is 0 Å². The zero-order chi connectivity index (χ0) is 18.0. The number of anilines is 1. The minimum atomic E-state index is -3.47. The SMILES string of the molecule is Cc1ccc(S(=O)(=O)N2CCN(c3cccc(C#N)c3)CC2)cc1C. The quantitative estimate of drug-likeness (QED) is 0.849. The maximum absolute atomic E-state index is 12.9. The molecule has 0 bridgehead atoms. The Labute approximate surface area is 149 Å². The van der Waals surface area contributed by atoms with Crippen molar-refractivity contribution in [1.82, 2.24) is 4.31 Å². The Bertz CT molecular complexity index is 924. The van der Waals surface area contributed by atoms with E-state index in [0.717, 1.165) is 16.8 Å². The highest BCUT2D eigenvalue weighted by Crippen LogP contribution is 2.23. The number of aryl methyl sites for hydroxylation is 2. The number of nitriles is 1. The molecule has 0 aromatic heterocycles. The minimum Gasteiger partial charge on any atom is -0.369 e. The summed E-state index contributed by atoms with van der Waals surface area (Å²) in [6.07, 6.45) is 0. The molecule has 0 unspecified atom stereocenters. The van der Waals surface area contributed by atoms with E-state index in [4.69, 9.17) is 5.26 Å². The first-order valence-corrected chi connectivity index (χ1v) is 9.68. The van der Waals surface area contributed by atoms with Crippen LogP contribution in [0.2, 0.25) is 0 Å². The van der Waals surface area contributed by atoms with Gasteiger partial charge in [0.05, 0.1) is 16.5 Å². The summed E-state index contributed by atoms with van der Waals surface area (Å²) in [6, 6.07) is 14.8. The van der Waals surface area contributed by atoms with Gasteiger partial charge in [0.25, 0.3) is 0 Å². The molecular formula is C19H21N3O2S. The number of rotatable bonds is 3. The van der Waals surface area contributed by atoms with Crippen LogP contribution >= 0.6 is 0 Å². The number of piperazine rings is 1. The number of nitrogens with zero attached hydrogens (tertiary/aromatic N) is 3. The van der Waals surface area contributed by atoms with E-state index in [1.54, 1.807) is 22.5 Å². The van der Waals surface area contributed by atoms with Gasteiger partial charge >= 0.3 is 0 Å². The van der Waals surface area contributed by atoms with Gasteiger partial charge in [0.2, 0.25) is 10.0 Å². The normalized spacial score (nSPS) is 15.8. The Kier molecular flexibility index (Phi) is 4.80. The third-order valence-corrected chi connectivity index (χ3v) is 6.59. The van der Waals surface area contributed by atoms with Gasteiger partial charge in [0.1, 0.15) is 0 Å². The summed E-state index contributed by atoms with van der Waals surface area (Å²) >= 11 is 0. The molecule has 1 aliphatic rings. The van der Waals surface area contributed by atoms with Crippen molar-refractivity contribution in [2.45, 2.75) is 18.7 Å².